The van der Waals surface area contributed by atoms with E-state index >= 15 is 0 Å². The Labute approximate surface area is 110 Å². The van der Waals surface area contributed by atoms with Gasteiger partial charge >= 0.3 is 0 Å². The van der Waals surface area contributed by atoms with E-state index in [0.29, 0.717) is 0 Å². The van der Waals surface area contributed by atoms with Crippen molar-refractivity contribution >= 4 is 5.69 Å². The van der Waals surface area contributed by atoms with E-state index in [9.17, 15) is 0 Å². The van der Waals surface area contributed by atoms with Crippen molar-refractivity contribution in [3.63, 3.8) is 0 Å². The Morgan fingerprint density at radius 1 is 1.33 bits per heavy atom. The molecule has 0 aromatic heterocycles. The van der Waals surface area contributed by atoms with Gasteiger partial charge in [0, 0.05) is 19.1 Å². The molecule has 1 aromatic carbocycles. The lowest BCUT2D eigenvalue weighted by Crippen LogP contribution is -2.45. The largest absolute Gasteiger partial charge is 0.491 e. The van der Waals surface area contributed by atoms with Gasteiger partial charge in [-0.1, -0.05) is 32.9 Å². The zero-order valence-electron chi connectivity index (χ0n) is 11.6. The lowest BCUT2D eigenvalue weighted by Gasteiger charge is -2.33. The Bertz CT molecular complexity index is 398. The number of nitrogens with two attached hydrogens (primary N) is 1. The molecule has 0 amide bonds. The number of anilines is 1. The number of para-hydroxylation sites is 2. The Morgan fingerprint density at radius 3 is 2.78 bits per heavy atom. The summed E-state index contributed by atoms with van der Waals surface area (Å²) >= 11 is 0. The molecule has 2 N–H and O–H groups in total. The molecular formula is C15H24N2O. The maximum absolute atomic E-state index is 6.31. The number of nitrogens with zero attached hydrogens (tertiary/aromatic N) is 1. The minimum Gasteiger partial charge on any atom is -0.491 e. The van der Waals surface area contributed by atoms with Crippen molar-refractivity contribution in [1.82, 2.24) is 0 Å². The van der Waals surface area contributed by atoms with Crippen LogP contribution in [-0.4, -0.2) is 25.7 Å². The van der Waals surface area contributed by atoms with Crippen molar-refractivity contribution in [2.75, 3.05) is 24.6 Å². The molecule has 1 unspecified atom stereocenters. The number of hydrogen-bond donors (Lipinski definition) is 1. The van der Waals surface area contributed by atoms with E-state index in [-0.39, 0.29) is 11.5 Å². The summed E-state index contributed by atoms with van der Waals surface area (Å²) in [6.07, 6.45) is 1.05. The molecule has 0 radical (unpaired) electrons. The van der Waals surface area contributed by atoms with E-state index < -0.39 is 0 Å². The van der Waals surface area contributed by atoms with Crippen LogP contribution in [0.2, 0.25) is 0 Å². The fourth-order valence-electron chi connectivity index (χ4n) is 2.10. The first-order chi connectivity index (χ1) is 8.48. The molecule has 2 rings (SSSR count). The summed E-state index contributed by atoms with van der Waals surface area (Å²) in [5, 5.41) is 0. The molecule has 0 bridgehead atoms. The Balaban J connectivity index is 2.18. The third-order valence-electron chi connectivity index (χ3n) is 3.57. The average Bonchev–Trinajstić information content (AvgIpc) is 2.51. The SMILES string of the molecule is CC(C)(C)C(N)CN1CCCOc2ccccc21. The van der Waals surface area contributed by atoms with E-state index in [0.717, 1.165) is 31.9 Å². The number of ether oxygens (including phenoxy) is 1. The minimum atomic E-state index is 0.127. The molecular weight excluding hydrogens is 224 g/mol. The second kappa shape index (κ2) is 5.19. The smallest absolute Gasteiger partial charge is 0.142 e. The van der Waals surface area contributed by atoms with E-state index in [1.165, 1.54) is 5.69 Å². The first-order valence-corrected chi connectivity index (χ1v) is 6.71. The third-order valence-corrected chi connectivity index (χ3v) is 3.57. The number of fused-ring (bicyclic) bond motifs is 1. The van der Waals surface area contributed by atoms with E-state index in [2.05, 4.69) is 37.8 Å². The minimum absolute atomic E-state index is 0.127. The zero-order chi connectivity index (χ0) is 13.2. The van der Waals surface area contributed by atoms with Crippen LogP contribution in [0.1, 0.15) is 27.2 Å². The predicted octanol–water partition coefficient (Wildman–Crippen LogP) is 2.65. The molecule has 0 saturated carbocycles. The molecule has 3 nitrogen and oxygen atoms in total. The lowest BCUT2D eigenvalue weighted by molar-refractivity contribution is 0.316. The van der Waals surface area contributed by atoms with Gasteiger partial charge in [-0.3, -0.25) is 0 Å². The van der Waals surface area contributed by atoms with Crippen molar-refractivity contribution in [3.05, 3.63) is 24.3 Å². The van der Waals surface area contributed by atoms with Gasteiger partial charge in [0.1, 0.15) is 5.75 Å². The Morgan fingerprint density at radius 2 is 2.06 bits per heavy atom. The van der Waals surface area contributed by atoms with E-state index in [1.807, 2.05) is 12.1 Å². The van der Waals surface area contributed by atoms with Crippen molar-refractivity contribution in [3.8, 4) is 5.75 Å². The molecule has 1 atom stereocenters. The number of hydrogen-bond acceptors (Lipinski definition) is 3. The number of rotatable bonds is 2. The molecule has 1 heterocycles. The first-order valence-electron chi connectivity index (χ1n) is 6.71. The van der Waals surface area contributed by atoms with Gasteiger partial charge in [0.25, 0.3) is 0 Å². The van der Waals surface area contributed by atoms with Crippen LogP contribution in [0.3, 0.4) is 0 Å². The Hall–Kier alpha value is -1.22. The molecule has 1 aromatic rings. The maximum Gasteiger partial charge on any atom is 0.142 e. The van der Waals surface area contributed by atoms with Crippen LogP contribution in [0.5, 0.6) is 5.75 Å². The van der Waals surface area contributed by atoms with Crippen molar-refractivity contribution in [2.24, 2.45) is 11.1 Å². The molecule has 100 valence electrons. The van der Waals surface area contributed by atoms with Crippen molar-refractivity contribution < 1.29 is 4.74 Å². The lowest BCUT2D eigenvalue weighted by atomic mass is 9.87. The molecule has 0 fully saturated rings. The van der Waals surface area contributed by atoms with Crippen LogP contribution in [0.15, 0.2) is 24.3 Å². The predicted molar refractivity (Wildman–Crippen MR) is 76.2 cm³/mol. The maximum atomic E-state index is 6.31. The zero-order valence-corrected chi connectivity index (χ0v) is 11.6. The van der Waals surface area contributed by atoms with Gasteiger partial charge < -0.3 is 15.4 Å². The summed E-state index contributed by atoms with van der Waals surface area (Å²) in [4.78, 5) is 2.36. The molecule has 0 aliphatic carbocycles. The van der Waals surface area contributed by atoms with Crippen LogP contribution >= 0.6 is 0 Å². The van der Waals surface area contributed by atoms with Gasteiger partial charge in [0.2, 0.25) is 0 Å². The molecule has 3 heteroatoms. The fourth-order valence-corrected chi connectivity index (χ4v) is 2.10. The van der Waals surface area contributed by atoms with Crippen molar-refractivity contribution in [1.29, 1.82) is 0 Å². The van der Waals surface area contributed by atoms with E-state index in [4.69, 9.17) is 10.5 Å². The molecule has 18 heavy (non-hydrogen) atoms. The highest BCUT2D eigenvalue weighted by molar-refractivity contribution is 5.59. The van der Waals surface area contributed by atoms with Crippen LogP contribution in [-0.2, 0) is 0 Å². The van der Waals surface area contributed by atoms with Gasteiger partial charge in [-0.05, 0) is 24.0 Å². The summed E-state index contributed by atoms with van der Waals surface area (Å²) in [6.45, 7) is 9.26. The molecule has 1 aliphatic rings. The van der Waals surface area contributed by atoms with Crippen LogP contribution in [0.4, 0.5) is 5.69 Å². The third kappa shape index (κ3) is 2.96. The summed E-state index contributed by atoms with van der Waals surface area (Å²) < 4.78 is 5.76. The topological polar surface area (TPSA) is 38.5 Å². The van der Waals surface area contributed by atoms with Gasteiger partial charge in [0.05, 0.1) is 12.3 Å². The quantitative estimate of drug-likeness (QED) is 0.874. The van der Waals surface area contributed by atoms with Crippen molar-refractivity contribution in [2.45, 2.75) is 33.2 Å². The standard InChI is InChI=1S/C15H24N2O/c1-15(2,3)14(16)11-17-9-6-10-18-13-8-5-4-7-12(13)17/h4-5,7-8,14H,6,9-11,16H2,1-3H3. The Kier molecular flexibility index (Phi) is 3.81. The fraction of sp³-hybridized carbons (Fsp3) is 0.600. The van der Waals surface area contributed by atoms with Crippen LogP contribution in [0, 0.1) is 5.41 Å². The van der Waals surface area contributed by atoms with Gasteiger partial charge in [-0.25, -0.2) is 0 Å². The molecule has 0 saturated heterocycles. The highest BCUT2D eigenvalue weighted by Crippen LogP contribution is 2.31. The van der Waals surface area contributed by atoms with Gasteiger partial charge in [-0.15, -0.1) is 0 Å². The van der Waals surface area contributed by atoms with Crippen LogP contribution in [0.25, 0.3) is 0 Å². The molecule has 0 spiro atoms. The van der Waals surface area contributed by atoms with Gasteiger partial charge in [0.15, 0.2) is 0 Å². The second-order valence-corrected chi connectivity index (χ2v) is 6.09. The monoisotopic (exact) mass is 248 g/mol. The number of benzene rings is 1. The highest BCUT2D eigenvalue weighted by atomic mass is 16.5. The molecule has 1 aliphatic heterocycles. The summed E-state index contributed by atoms with van der Waals surface area (Å²) in [7, 11) is 0. The van der Waals surface area contributed by atoms with Gasteiger partial charge in [-0.2, -0.15) is 0 Å². The van der Waals surface area contributed by atoms with Crippen LogP contribution < -0.4 is 15.4 Å². The average molecular weight is 248 g/mol. The summed E-state index contributed by atoms with van der Waals surface area (Å²) in [5.74, 6) is 0.983. The summed E-state index contributed by atoms with van der Waals surface area (Å²) in [6, 6.07) is 8.39. The summed E-state index contributed by atoms with van der Waals surface area (Å²) in [5.41, 5.74) is 7.61. The highest BCUT2D eigenvalue weighted by Gasteiger charge is 2.25. The normalized spacial score (nSPS) is 17.7. The first kappa shape index (κ1) is 13.2. The second-order valence-electron chi connectivity index (χ2n) is 6.09. The van der Waals surface area contributed by atoms with E-state index in [1.54, 1.807) is 0 Å².